The van der Waals surface area contributed by atoms with Gasteiger partial charge in [0.15, 0.2) is 0 Å². The van der Waals surface area contributed by atoms with Crippen LogP contribution in [0.2, 0.25) is 0 Å². The molecule has 1 fully saturated rings. The molecule has 3 aromatic carbocycles. The van der Waals surface area contributed by atoms with Crippen LogP contribution in [0.4, 0.5) is 5.69 Å². The average Bonchev–Trinajstić information content (AvgIpc) is 2.87. The van der Waals surface area contributed by atoms with Crippen LogP contribution in [0.1, 0.15) is 24.0 Å². The Balaban J connectivity index is 1.25. The Hall–Kier alpha value is -3.11. The lowest BCUT2D eigenvalue weighted by molar-refractivity contribution is -0.126. The summed E-state index contributed by atoms with van der Waals surface area (Å²) < 4.78 is 0. The summed E-state index contributed by atoms with van der Waals surface area (Å²) >= 11 is 0. The van der Waals surface area contributed by atoms with Crippen molar-refractivity contribution in [3.8, 4) is 0 Å². The van der Waals surface area contributed by atoms with Crippen molar-refractivity contribution >= 4 is 11.6 Å². The molecular weight excluding hydrogens is 394 g/mol. The van der Waals surface area contributed by atoms with Crippen LogP contribution in [0.25, 0.3) is 0 Å². The summed E-state index contributed by atoms with van der Waals surface area (Å²) in [6.45, 7) is 5.48. The monoisotopic (exact) mass is 427 g/mol. The van der Waals surface area contributed by atoms with Crippen molar-refractivity contribution in [2.24, 2.45) is 5.92 Å². The third-order valence-corrected chi connectivity index (χ3v) is 6.29. The summed E-state index contributed by atoms with van der Waals surface area (Å²) in [5, 5.41) is 3.12. The van der Waals surface area contributed by atoms with Crippen LogP contribution >= 0.6 is 0 Å². The molecule has 1 N–H and O–H groups in total. The molecule has 4 rings (SSSR count). The molecule has 32 heavy (non-hydrogen) atoms. The van der Waals surface area contributed by atoms with Gasteiger partial charge in [-0.25, -0.2) is 0 Å². The van der Waals surface area contributed by atoms with E-state index in [1.807, 2.05) is 18.2 Å². The standard InChI is InChI=1S/C28H33N3O/c32-28(29-22-24-10-4-1-5-11-24)26-16-18-30(19-17-26)20-21-31(27-14-8-3-9-15-27)23-25-12-6-2-7-13-25/h1-15,26H,16-23H2,(H,29,32). The Kier molecular flexibility index (Phi) is 7.94. The Morgan fingerprint density at radius 1 is 0.812 bits per heavy atom. The predicted octanol–water partition coefficient (Wildman–Crippen LogP) is 4.72. The molecule has 0 atom stereocenters. The number of rotatable bonds is 9. The number of nitrogens with one attached hydrogen (secondary N) is 1. The maximum Gasteiger partial charge on any atom is 0.223 e. The van der Waals surface area contributed by atoms with E-state index in [9.17, 15) is 4.79 Å². The maximum atomic E-state index is 12.6. The minimum absolute atomic E-state index is 0.129. The number of hydrogen-bond acceptors (Lipinski definition) is 3. The molecule has 0 saturated carbocycles. The van der Waals surface area contributed by atoms with E-state index in [-0.39, 0.29) is 11.8 Å². The minimum Gasteiger partial charge on any atom is -0.366 e. The fourth-order valence-corrected chi connectivity index (χ4v) is 4.35. The molecule has 3 aromatic rings. The van der Waals surface area contributed by atoms with Crippen LogP contribution < -0.4 is 10.2 Å². The highest BCUT2D eigenvalue weighted by Gasteiger charge is 2.25. The van der Waals surface area contributed by atoms with E-state index in [1.165, 1.54) is 11.3 Å². The second kappa shape index (κ2) is 11.5. The SMILES string of the molecule is O=C(NCc1ccccc1)C1CCN(CCN(Cc2ccccc2)c2ccccc2)CC1. The van der Waals surface area contributed by atoms with E-state index in [1.54, 1.807) is 0 Å². The zero-order chi connectivity index (χ0) is 22.0. The molecule has 0 bridgehead atoms. The summed E-state index contributed by atoms with van der Waals surface area (Å²) in [6, 6.07) is 31.4. The molecule has 0 aliphatic carbocycles. The summed E-state index contributed by atoms with van der Waals surface area (Å²) in [6.07, 6.45) is 1.87. The number of para-hydroxylation sites is 1. The summed E-state index contributed by atoms with van der Waals surface area (Å²) in [7, 11) is 0. The van der Waals surface area contributed by atoms with Gasteiger partial charge in [0.25, 0.3) is 0 Å². The number of nitrogens with zero attached hydrogens (tertiary/aromatic N) is 2. The van der Waals surface area contributed by atoms with E-state index in [4.69, 9.17) is 0 Å². The van der Waals surface area contributed by atoms with Gasteiger partial charge >= 0.3 is 0 Å². The van der Waals surface area contributed by atoms with Gasteiger partial charge in [-0.2, -0.15) is 0 Å². The van der Waals surface area contributed by atoms with E-state index in [2.05, 4.69) is 87.9 Å². The summed E-state index contributed by atoms with van der Waals surface area (Å²) in [5.41, 5.74) is 3.73. The van der Waals surface area contributed by atoms with E-state index in [0.717, 1.165) is 51.1 Å². The van der Waals surface area contributed by atoms with Crippen molar-refractivity contribution < 1.29 is 4.79 Å². The number of anilines is 1. The number of amides is 1. The number of carbonyl (C=O) groups is 1. The first-order valence-electron chi connectivity index (χ1n) is 11.7. The zero-order valence-corrected chi connectivity index (χ0v) is 18.7. The van der Waals surface area contributed by atoms with Gasteiger partial charge < -0.3 is 15.1 Å². The third kappa shape index (κ3) is 6.44. The molecule has 4 nitrogen and oxygen atoms in total. The molecule has 1 heterocycles. The van der Waals surface area contributed by atoms with Gasteiger partial charge in [-0.1, -0.05) is 78.9 Å². The van der Waals surface area contributed by atoms with Crippen LogP contribution in [-0.2, 0) is 17.9 Å². The molecule has 0 radical (unpaired) electrons. The first-order valence-corrected chi connectivity index (χ1v) is 11.7. The van der Waals surface area contributed by atoms with Gasteiger partial charge in [-0.3, -0.25) is 4.79 Å². The average molecular weight is 428 g/mol. The molecule has 1 aliphatic heterocycles. The highest BCUT2D eigenvalue weighted by atomic mass is 16.1. The van der Waals surface area contributed by atoms with Crippen LogP contribution in [0.3, 0.4) is 0 Å². The molecule has 0 unspecified atom stereocenters. The highest BCUT2D eigenvalue weighted by molar-refractivity contribution is 5.78. The first-order chi connectivity index (χ1) is 15.8. The molecular formula is C28H33N3O. The smallest absolute Gasteiger partial charge is 0.223 e. The van der Waals surface area contributed by atoms with Crippen LogP contribution in [0.15, 0.2) is 91.0 Å². The van der Waals surface area contributed by atoms with Crippen LogP contribution in [-0.4, -0.2) is 37.0 Å². The lowest BCUT2D eigenvalue weighted by Crippen LogP contribution is -2.43. The highest BCUT2D eigenvalue weighted by Crippen LogP contribution is 2.20. The van der Waals surface area contributed by atoms with Crippen molar-refractivity contribution in [3.05, 3.63) is 102 Å². The van der Waals surface area contributed by atoms with Gasteiger partial charge in [-0.05, 0) is 49.2 Å². The molecule has 166 valence electrons. The fourth-order valence-electron chi connectivity index (χ4n) is 4.35. The quantitative estimate of drug-likeness (QED) is 0.537. The number of piperidine rings is 1. The number of carbonyl (C=O) groups excluding carboxylic acids is 1. The van der Waals surface area contributed by atoms with Crippen LogP contribution in [0, 0.1) is 5.92 Å². The maximum absolute atomic E-state index is 12.6. The largest absolute Gasteiger partial charge is 0.366 e. The Morgan fingerprint density at radius 3 is 2.00 bits per heavy atom. The Bertz CT molecular complexity index is 938. The number of benzene rings is 3. The van der Waals surface area contributed by atoms with Crippen molar-refractivity contribution in [2.45, 2.75) is 25.9 Å². The van der Waals surface area contributed by atoms with Gasteiger partial charge in [0.1, 0.15) is 0 Å². The third-order valence-electron chi connectivity index (χ3n) is 6.29. The number of hydrogen-bond donors (Lipinski definition) is 1. The molecule has 1 amide bonds. The normalized spacial score (nSPS) is 14.8. The Morgan fingerprint density at radius 2 is 1.38 bits per heavy atom. The second-order valence-corrected chi connectivity index (χ2v) is 8.56. The molecule has 1 aliphatic rings. The topological polar surface area (TPSA) is 35.6 Å². The van der Waals surface area contributed by atoms with Gasteiger partial charge in [0.05, 0.1) is 0 Å². The lowest BCUT2D eigenvalue weighted by atomic mass is 9.96. The van der Waals surface area contributed by atoms with E-state index in [0.29, 0.717) is 6.54 Å². The van der Waals surface area contributed by atoms with Gasteiger partial charge in [0, 0.05) is 37.8 Å². The van der Waals surface area contributed by atoms with Crippen molar-refractivity contribution in [3.63, 3.8) is 0 Å². The molecule has 0 spiro atoms. The summed E-state index contributed by atoms with van der Waals surface area (Å²) in [4.78, 5) is 17.5. The van der Waals surface area contributed by atoms with E-state index < -0.39 is 0 Å². The molecule has 4 heteroatoms. The van der Waals surface area contributed by atoms with Crippen molar-refractivity contribution in [1.82, 2.24) is 10.2 Å². The lowest BCUT2D eigenvalue weighted by Gasteiger charge is -2.34. The predicted molar refractivity (Wildman–Crippen MR) is 131 cm³/mol. The first kappa shape index (κ1) is 22.1. The minimum atomic E-state index is 0.129. The van der Waals surface area contributed by atoms with Crippen molar-refractivity contribution in [1.29, 1.82) is 0 Å². The second-order valence-electron chi connectivity index (χ2n) is 8.56. The zero-order valence-electron chi connectivity index (χ0n) is 18.7. The molecule has 1 saturated heterocycles. The van der Waals surface area contributed by atoms with Crippen LogP contribution in [0.5, 0.6) is 0 Å². The fraction of sp³-hybridized carbons (Fsp3) is 0.321. The number of likely N-dealkylation sites (tertiary alicyclic amines) is 1. The Labute approximate surface area is 191 Å². The van der Waals surface area contributed by atoms with Gasteiger partial charge in [0.2, 0.25) is 5.91 Å². The summed E-state index contributed by atoms with van der Waals surface area (Å²) in [5.74, 6) is 0.327. The van der Waals surface area contributed by atoms with Crippen molar-refractivity contribution in [2.75, 3.05) is 31.1 Å². The van der Waals surface area contributed by atoms with Gasteiger partial charge in [-0.15, -0.1) is 0 Å². The van der Waals surface area contributed by atoms with E-state index >= 15 is 0 Å². The molecule has 0 aromatic heterocycles.